The Balaban J connectivity index is 1.44. The molecule has 1 aliphatic heterocycles. The SMILES string of the molecule is O=C(CSc1ccc(F)c(F)c1)N1CCN(C(=O)Nc2ccccc2)CC1. The summed E-state index contributed by atoms with van der Waals surface area (Å²) in [6.07, 6.45) is 0. The molecule has 2 aromatic carbocycles. The fourth-order valence-corrected chi connectivity index (χ4v) is 3.51. The molecule has 0 saturated carbocycles. The number of urea groups is 1. The molecule has 0 atom stereocenters. The van der Waals surface area contributed by atoms with Crippen LogP contribution in [-0.2, 0) is 4.79 Å². The highest BCUT2D eigenvalue weighted by molar-refractivity contribution is 8.00. The molecule has 3 rings (SSSR count). The third kappa shape index (κ3) is 5.19. The van der Waals surface area contributed by atoms with E-state index in [1.54, 1.807) is 9.80 Å². The van der Waals surface area contributed by atoms with Gasteiger partial charge in [0.15, 0.2) is 11.6 Å². The van der Waals surface area contributed by atoms with E-state index < -0.39 is 11.6 Å². The third-order valence-corrected chi connectivity index (χ3v) is 5.18. The maximum atomic E-state index is 13.2. The fraction of sp³-hybridized carbons (Fsp3) is 0.263. The summed E-state index contributed by atoms with van der Waals surface area (Å²) in [7, 11) is 0. The highest BCUT2D eigenvalue weighted by atomic mass is 32.2. The second-order valence-electron chi connectivity index (χ2n) is 6.03. The van der Waals surface area contributed by atoms with Crippen LogP contribution in [0.4, 0.5) is 19.3 Å². The molecular formula is C19H19F2N3O2S. The summed E-state index contributed by atoms with van der Waals surface area (Å²) in [6.45, 7) is 1.78. The molecule has 0 aromatic heterocycles. The van der Waals surface area contributed by atoms with Crippen LogP contribution in [0.2, 0.25) is 0 Å². The molecule has 0 radical (unpaired) electrons. The van der Waals surface area contributed by atoms with Crippen molar-refractivity contribution in [2.24, 2.45) is 0 Å². The number of anilines is 1. The Morgan fingerprint density at radius 1 is 0.926 bits per heavy atom. The Labute approximate surface area is 160 Å². The zero-order chi connectivity index (χ0) is 19.2. The zero-order valence-corrected chi connectivity index (χ0v) is 15.3. The van der Waals surface area contributed by atoms with Gasteiger partial charge >= 0.3 is 6.03 Å². The summed E-state index contributed by atoms with van der Waals surface area (Å²) in [5.41, 5.74) is 0.726. The Morgan fingerprint density at radius 2 is 1.59 bits per heavy atom. The van der Waals surface area contributed by atoms with Crippen LogP contribution in [0.1, 0.15) is 0 Å². The number of thioether (sulfide) groups is 1. The number of halogens is 2. The molecule has 1 fully saturated rings. The average molecular weight is 391 g/mol. The van der Waals surface area contributed by atoms with E-state index in [4.69, 9.17) is 0 Å². The first-order valence-corrected chi connectivity index (χ1v) is 9.48. The summed E-state index contributed by atoms with van der Waals surface area (Å²) in [4.78, 5) is 28.4. The van der Waals surface area contributed by atoms with Gasteiger partial charge in [-0.3, -0.25) is 4.79 Å². The summed E-state index contributed by atoms with van der Waals surface area (Å²) in [6, 6.07) is 12.6. The molecule has 142 valence electrons. The Hall–Kier alpha value is -2.61. The molecule has 5 nitrogen and oxygen atoms in total. The van der Waals surface area contributed by atoms with Gasteiger partial charge in [0.05, 0.1) is 5.75 Å². The van der Waals surface area contributed by atoms with E-state index in [0.29, 0.717) is 31.1 Å². The highest BCUT2D eigenvalue weighted by Crippen LogP contribution is 2.21. The molecule has 1 N–H and O–H groups in total. The van der Waals surface area contributed by atoms with Crippen molar-refractivity contribution in [2.75, 3.05) is 37.2 Å². The van der Waals surface area contributed by atoms with Crippen LogP contribution < -0.4 is 5.32 Å². The van der Waals surface area contributed by atoms with Gasteiger partial charge in [0.1, 0.15) is 0 Å². The lowest BCUT2D eigenvalue weighted by Crippen LogP contribution is -2.52. The average Bonchev–Trinajstić information content (AvgIpc) is 2.69. The van der Waals surface area contributed by atoms with Gasteiger partial charge in [-0.25, -0.2) is 13.6 Å². The van der Waals surface area contributed by atoms with Crippen LogP contribution in [-0.4, -0.2) is 53.7 Å². The molecule has 0 unspecified atom stereocenters. The third-order valence-electron chi connectivity index (χ3n) is 4.20. The predicted octanol–water partition coefficient (Wildman–Crippen LogP) is 3.43. The molecule has 8 heteroatoms. The highest BCUT2D eigenvalue weighted by Gasteiger charge is 2.24. The minimum absolute atomic E-state index is 0.0900. The molecule has 0 spiro atoms. The minimum atomic E-state index is -0.925. The number of hydrogen-bond acceptors (Lipinski definition) is 3. The lowest BCUT2D eigenvalue weighted by Gasteiger charge is -2.34. The quantitative estimate of drug-likeness (QED) is 0.813. The zero-order valence-electron chi connectivity index (χ0n) is 14.5. The van der Waals surface area contributed by atoms with Gasteiger partial charge in [-0.1, -0.05) is 18.2 Å². The van der Waals surface area contributed by atoms with Crippen LogP contribution >= 0.6 is 11.8 Å². The molecule has 27 heavy (non-hydrogen) atoms. The van der Waals surface area contributed by atoms with Crippen molar-refractivity contribution in [3.63, 3.8) is 0 Å². The van der Waals surface area contributed by atoms with Crippen LogP contribution in [0.5, 0.6) is 0 Å². The number of rotatable bonds is 4. The lowest BCUT2D eigenvalue weighted by molar-refractivity contribution is -0.129. The van der Waals surface area contributed by atoms with E-state index in [1.165, 1.54) is 6.07 Å². The van der Waals surface area contributed by atoms with E-state index >= 15 is 0 Å². The maximum absolute atomic E-state index is 13.2. The lowest BCUT2D eigenvalue weighted by atomic mass is 10.3. The van der Waals surface area contributed by atoms with Gasteiger partial charge in [-0.15, -0.1) is 11.8 Å². The van der Waals surface area contributed by atoms with Crippen LogP contribution in [0, 0.1) is 11.6 Å². The molecule has 1 saturated heterocycles. The first kappa shape index (κ1) is 19.2. The number of nitrogens with one attached hydrogen (secondary N) is 1. The summed E-state index contributed by atoms with van der Waals surface area (Å²) in [5, 5.41) is 2.83. The molecule has 2 aromatic rings. The van der Waals surface area contributed by atoms with Gasteiger partial charge in [-0.2, -0.15) is 0 Å². The minimum Gasteiger partial charge on any atom is -0.338 e. The van der Waals surface area contributed by atoms with Gasteiger partial charge in [0, 0.05) is 36.8 Å². The standard InChI is InChI=1S/C19H19F2N3O2S/c20-16-7-6-15(12-17(16)21)27-13-18(25)23-8-10-24(11-9-23)19(26)22-14-4-2-1-3-5-14/h1-7,12H,8-11,13H2,(H,22,26). The number of amides is 3. The van der Waals surface area contributed by atoms with Crippen molar-refractivity contribution >= 4 is 29.4 Å². The molecular weight excluding hydrogens is 372 g/mol. The number of hydrogen-bond donors (Lipinski definition) is 1. The monoisotopic (exact) mass is 391 g/mol. The molecule has 1 aliphatic rings. The van der Waals surface area contributed by atoms with Gasteiger partial charge < -0.3 is 15.1 Å². The number of nitrogens with zero attached hydrogens (tertiary/aromatic N) is 2. The number of carbonyl (C=O) groups excluding carboxylic acids is 2. The number of benzene rings is 2. The van der Waals surface area contributed by atoms with E-state index in [2.05, 4.69) is 5.32 Å². The molecule has 1 heterocycles. The Kier molecular flexibility index (Phi) is 6.28. The first-order chi connectivity index (χ1) is 13.0. The van der Waals surface area contributed by atoms with Gasteiger partial charge in [-0.05, 0) is 30.3 Å². The second-order valence-corrected chi connectivity index (χ2v) is 7.08. The van der Waals surface area contributed by atoms with Crippen LogP contribution in [0.3, 0.4) is 0 Å². The normalized spacial score (nSPS) is 14.1. The summed E-state index contributed by atoms with van der Waals surface area (Å²) in [5.74, 6) is -1.78. The van der Waals surface area contributed by atoms with Crippen molar-refractivity contribution in [3.8, 4) is 0 Å². The van der Waals surface area contributed by atoms with E-state index in [9.17, 15) is 18.4 Å². The maximum Gasteiger partial charge on any atom is 0.321 e. The predicted molar refractivity (Wildman–Crippen MR) is 101 cm³/mol. The topological polar surface area (TPSA) is 52.7 Å². The largest absolute Gasteiger partial charge is 0.338 e. The van der Waals surface area contributed by atoms with Crippen molar-refractivity contribution in [1.82, 2.24) is 9.80 Å². The van der Waals surface area contributed by atoms with E-state index in [-0.39, 0.29) is 17.7 Å². The first-order valence-electron chi connectivity index (χ1n) is 8.49. The van der Waals surface area contributed by atoms with Crippen molar-refractivity contribution in [3.05, 3.63) is 60.2 Å². The number of piperazine rings is 1. The van der Waals surface area contributed by atoms with Crippen molar-refractivity contribution < 1.29 is 18.4 Å². The fourth-order valence-electron chi connectivity index (χ4n) is 2.69. The van der Waals surface area contributed by atoms with Gasteiger partial charge in [0.25, 0.3) is 0 Å². The molecule has 3 amide bonds. The van der Waals surface area contributed by atoms with Gasteiger partial charge in [0.2, 0.25) is 5.91 Å². The van der Waals surface area contributed by atoms with E-state index in [1.807, 2.05) is 30.3 Å². The number of para-hydroxylation sites is 1. The van der Waals surface area contributed by atoms with Crippen molar-refractivity contribution in [2.45, 2.75) is 4.90 Å². The van der Waals surface area contributed by atoms with E-state index in [0.717, 1.165) is 29.6 Å². The Morgan fingerprint density at radius 3 is 2.26 bits per heavy atom. The van der Waals surface area contributed by atoms with Crippen LogP contribution in [0.15, 0.2) is 53.4 Å². The van der Waals surface area contributed by atoms with Crippen molar-refractivity contribution in [1.29, 1.82) is 0 Å². The number of carbonyl (C=O) groups is 2. The molecule has 0 aliphatic carbocycles. The summed E-state index contributed by atoms with van der Waals surface area (Å²) >= 11 is 1.16. The molecule has 0 bridgehead atoms. The second kappa shape index (κ2) is 8.85. The smallest absolute Gasteiger partial charge is 0.321 e. The van der Waals surface area contributed by atoms with Crippen LogP contribution in [0.25, 0.3) is 0 Å². The Bertz CT molecular complexity index is 812. The summed E-state index contributed by atoms with van der Waals surface area (Å²) < 4.78 is 26.1.